The molecule has 0 aliphatic carbocycles. The average Bonchev–Trinajstić information content (AvgIpc) is 2.99. The quantitative estimate of drug-likeness (QED) is 0.869. The summed E-state index contributed by atoms with van der Waals surface area (Å²) in [6.07, 6.45) is 2.71. The topological polar surface area (TPSA) is 55.6 Å². The first-order chi connectivity index (χ1) is 8.77. The number of nitrogens with zero attached hydrogens (tertiary/aromatic N) is 4. The van der Waals surface area contributed by atoms with E-state index in [4.69, 9.17) is 0 Å². The van der Waals surface area contributed by atoms with E-state index in [0.29, 0.717) is 0 Å². The minimum absolute atomic E-state index is 0.0971. The summed E-state index contributed by atoms with van der Waals surface area (Å²) in [5.41, 5.74) is 2.96. The van der Waals surface area contributed by atoms with Gasteiger partial charge >= 0.3 is 0 Å². The molecule has 1 N–H and O–H groups in total. The molecule has 2 aromatic rings. The fraction of sp³-hybridized carbons (Fsp3) is 0.583. The fourth-order valence-electron chi connectivity index (χ4n) is 1.92. The van der Waals surface area contributed by atoms with E-state index in [1.54, 1.807) is 17.7 Å². The highest BCUT2D eigenvalue weighted by Gasteiger charge is 2.22. The van der Waals surface area contributed by atoms with Gasteiger partial charge in [-0.2, -0.15) is 5.10 Å². The summed E-state index contributed by atoms with van der Waals surface area (Å²) in [6, 6.07) is 0.0971. The lowest BCUT2D eigenvalue weighted by molar-refractivity contribution is 0.522. The molecule has 0 aromatic carbocycles. The van der Waals surface area contributed by atoms with E-state index in [1.165, 1.54) is 4.88 Å². The predicted molar refractivity (Wildman–Crippen MR) is 72.7 cm³/mol. The highest BCUT2D eigenvalue weighted by molar-refractivity contribution is 7.09. The summed E-state index contributed by atoms with van der Waals surface area (Å²) >= 11 is 1.67. The SMILES string of the molecule is CCCNC(c1scnc1C)c1ncnn1CC. The lowest BCUT2D eigenvalue weighted by Gasteiger charge is -2.17. The monoisotopic (exact) mass is 265 g/mol. The number of thiazole rings is 1. The normalized spacial score (nSPS) is 12.8. The van der Waals surface area contributed by atoms with Gasteiger partial charge < -0.3 is 5.32 Å². The molecule has 2 aromatic heterocycles. The van der Waals surface area contributed by atoms with E-state index in [9.17, 15) is 0 Å². The van der Waals surface area contributed by atoms with E-state index in [0.717, 1.165) is 31.0 Å². The fourth-order valence-corrected chi connectivity index (χ4v) is 2.79. The van der Waals surface area contributed by atoms with Gasteiger partial charge in [-0.1, -0.05) is 6.92 Å². The number of hydrogen-bond donors (Lipinski definition) is 1. The second-order valence-electron chi connectivity index (χ2n) is 4.12. The van der Waals surface area contributed by atoms with Crippen molar-refractivity contribution in [3.05, 3.63) is 28.2 Å². The van der Waals surface area contributed by atoms with Crippen LogP contribution >= 0.6 is 11.3 Å². The molecule has 0 amide bonds. The van der Waals surface area contributed by atoms with Gasteiger partial charge in [-0.05, 0) is 26.8 Å². The molecule has 0 spiro atoms. The Balaban J connectivity index is 2.34. The van der Waals surface area contributed by atoms with Gasteiger partial charge in [0, 0.05) is 6.54 Å². The summed E-state index contributed by atoms with van der Waals surface area (Å²) in [6.45, 7) is 8.07. The third kappa shape index (κ3) is 2.59. The highest BCUT2D eigenvalue weighted by atomic mass is 32.1. The van der Waals surface area contributed by atoms with Crippen LogP contribution in [0.25, 0.3) is 0 Å². The van der Waals surface area contributed by atoms with Crippen LogP contribution < -0.4 is 5.32 Å². The number of hydrogen-bond acceptors (Lipinski definition) is 5. The molecule has 0 saturated carbocycles. The van der Waals surface area contributed by atoms with E-state index in [-0.39, 0.29) is 6.04 Å². The second-order valence-corrected chi connectivity index (χ2v) is 5.01. The van der Waals surface area contributed by atoms with Crippen LogP contribution in [-0.2, 0) is 6.54 Å². The summed E-state index contributed by atoms with van der Waals surface area (Å²) in [4.78, 5) is 9.97. The van der Waals surface area contributed by atoms with Crippen LogP contribution in [0.1, 0.15) is 42.7 Å². The molecule has 1 atom stereocenters. The summed E-state index contributed by atoms with van der Waals surface area (Å²) in [5.74, 6) is 0.971. The molecule has 0 saturated heterocycles. The van der Waals surface area contributed by atoms with Gasteiger partial charge in [0.15, 0.2) is 0 Å². The van der Waals surface area contributed by atoms with Crippen molar-refractivity contribution in [2.75, 3.05) is 6.54 Å². The number of aryl methyl sites for hydroxylation is 2. The zero-order valence-electron chi connectivity index (χ0n) is 11.1. The Kier molecular flexibility index (Phi) is 4.43. The zero-order valence-corrected chi connectivity index (χ0v) is 11.9. The minimum atomic E-state index is 0.0971. The Hall–Kier alpha value is -1.27. The van der Waals surface area contributed by atoms with Crippen molar-refractivity contribution in [2.45, 2.75) is 39.8 Å². The molecule has 0 bridgehead atoms. The van der Waals surface area contributed by atoms with E-state index in [1.807, 2.05) is 17.1 Å². The van der Waals surface area contributed by atoms with E-state index >= 15 is 0 Å². The standard InChI is InChI=1S/C12H19N5S/c1-4-6-13-10(11-9(3)15-8-18-11)12-14-7-16-17(12)5-2/h7-8,10,13H,4-6H2,1-3H3. The molecule has 2 heterocycles. The Morgan fingerprint density at radius 2 is 2.22 bits per heavy atom. The van der Waals surface area contributed by atoms with Crippen LogP contribution in [-0.4, -0.2) is 26.3 Å². The summed E-state index contributed by atoms with van der Waals surface area (Å²) in [5, 5.41) is 7.79. The maximum absolute atomic E-state index is 4.41. The van der Waals surface area contributed by atoms with Crippen molar-refractivity contribution in [2.24, 2.45) is 0 Å². The smallest absolute Gasteiger partial charge is 0.149 e. The van der Waals surface area contributed by atoms with Gasteiger partial charge in [0.25, 0.3) is 0 Å². The largest absolute Gasteiger partial charge is 0.303 e. The first-order valence-corrected chi connectivity index (χ1v) is 7.16. The lowest BCUT2D eigenvalue weighted by atomic mass is 10.2. The predicted octanol–water partition coefficient (Wildman–Crippen LogP) is 2.15. The van der Waals surface area contributed by atoms with Crippen LogP contribution in [0.4, 0.5) is 0 Å². The average molecular weight is 265 g/mol. The van der Waals surface area contributed by atoms with Crippen LogP contribution in [0, 0.1) is 6.92 Å². The molecule has 0 aliphatic heterocycles. The van der Waals surface area contributed by atoms with Crippen molar-refractivity contribution < 1.29 is 0 Å². The molecular formula is C12H19N5S. The Labute approximate surface area is 111 Å². The third-order valence-corrected chi connectivity index (χ3v) is 3.84. The lowest BCUT2D eigenvalue weighted by Crippen LogP contribution is -2.26. The van der Waals surface area contributed by atoms with Gasteiger partial charge in [0.1, 0.15) is 18.2 Å². The minimum Gasteiger partial charge on any atom is -0.303 e. The van der Waals surface area contributed by atoms with Crippen molar-refractivity contribution in [3.63, 3.8) is 0 Å². The molecule has 0 fully saturated rings. The molecule has 98 valence electrons. The maximum atomic E-state index is 4.41. The number of aromatic nitrogens is 4. The summed E-state index contributed by atoms with van der Waals surface area (Å²) < 4.78 is 1.94. The van der Waals surface area contributed by atoms with Gasteiger partial charge in [0.05, 0.1) is 16.1 Å². The molecule has 0 aliphatic rings. The van der Waals surface area contributed by atoms with Crippen LogP contribution in [0.2, 0.25) is 0 Å². The van der Waals surface area contributed by atoms with Crippen LogP contribution in [0.3, 0.4) is 0 Å². The Morgan fingerprint density at radius 1 is 1.39 bits per heavy atom. The van der Waals surface area contributed by atoms with E-state index < -0.39 is 0 Å². The maximum Gasteiger partial charge on any atom is 0.149 e. The highest BCUT2D eigenvalue weighted by Crippen LogP contribution is 2.26. The molecule has 2 rings (SSSR count). The molecular weight excluding hydrogens is 246 g/mol. The number of nitrogens with one attached hydrogen (secondary N) is 1. The second kappa shape index (κ2) is 6.06. The van der Waals surface area contributed by atoms with Gasteiger partial charge in [-0.15, -0.1) is 11.3 Å². The molecule has 18 heavy (non-hydrogen) atoms. The third-order valence-electron chi connectivity index (χ3n) is 2.85. The first-order valence-electron chi connectivity index (χ1n) is 6.29. The number of rotatable bonds is 6. The van der Waals surface area contributed by atoms with Crippen molar-refractivity contribution in [1.82, 2.24) is 25.1 Å². The van der Waals surface area contributed by atoms with Gasteiger partial charge in [0.2, 0.25) is 0 Å². The van der Waals surface area contributed by atoms with Crippen molar-refractivity contribution >= 4 is 11.3 Å². The first kappa shape index (κ1) is 13.2. The van der Waals surface area contributed by atoms with Crippen LogP contribution in [0.15, 0.2) is 11.8 Å². The molecule has 5 nitrogen and oxygen atoms in total. The van der Waals surface area contributed by atoms with Gasteiger partial charge in [-0.3, -0.25) is 0 Å². The van der Waals surface area contributed by atoms with E-state index in [2.05, 4.69) is 34.2 Å². The Morgan fingerprint density at radius 3 is 2.83 bits per heavy atom. The Bertz CT molecular complexity index is 490. The van der Waals surface area contributed by atoms with Crippen molar-refractivity contribution in [1.29, 1.82) is 0 Å². The molecule has 6 heteroatoms. The molecule has 0 radical (unpaired) electrons. The van der Waals surface area contributed by atoms with Crippen molar-refractivity contribution in [3.8, 4) is 0 Å². The molecule has 1 unspecified atom stereocenters. The van der Waals surface area contributed by atoms with Crippen LogP contribution in [0.5, 0.6) is 0 Å². The zero-order chi connectivity index (χ0) is 13.0. The van der Waals surface area contributed by atoms with Gasteiger partial charge in [-0.25, -0.2) is 14.6 Å². The summed E-state index contributed by atoms with van der Waals surface area (Å²) in [7, 11) is 0.